The summed E-state index contributed by atoms with van der Waals surface area (Å²) in [5.41, 5.74) is 2.86. The fourth-order valence-corrected chi connectivity index (χ4v) is 4.80. The van der Waals surface area contributed by atoms with Crippen molar-refractivity contribution in [2.45, 2.75) is 51.3 Å². The number of hydrogen-bond acceptors (Lipinski definition) is 5. The smallest absolute Gasteiger partial charge is 0.260 e. The van der Waals surface area contributed by atoms with Crippen LogP contribution in [0.2, 0.25) is 0 Å². The van der Waals surface area contributed by atoms with Crippen molar-refractivity contribution in [3.63, 3.8) is 0 Å². The van der Waals surface area contributed by atoms with Gasteiger partial charge in [-0.3, -0.25) is 19.6 Å². The van der Waals surface area contributed by atoms with Crippen LogP contribution in [0.1, 0.15) is 47.3 Å². The van der Waals surface area contributed by atoms with Gasteiger partial charge in [-0.2, -0.15) is 0 Å². The zero-order valence-electron chi connectivity index (χ0n) is 19.9. The number of nitrogens with one attached hydrogen (secondary N) is 1. The van der Waals surface area contributed by atoms with Crippen molar-refractivity contribution in [1.29, 1.82) is 0 Å². The quantitative estimate of drug-likeness (QED) is 0.445. The van der Waals surface area contributed by atoms with E-state index in [2.05, 4.69) is 15.3 Å². The molecule has 0 aliphatic heterocycles. The average molecular weight is 487 g/mol. The Bertz CT molecular complexity index is 1500. The van der Waals surface area contributed by atoms with Gasteiger partial charge in [-0.15, -0.1) is 0 Å². The number of hydrogen-bond donors (Lipinski definition) is 2. The molecule has 0 bridgehead atoms. The number of aromatic nitrogens is 3. The fraction of sp³-hybridized carbons (Fsp3) is 0.286. The summed E-state index contributed by atoms with van der Waals surface area (Å²) in [6, 6.07) is 11.5. The summed E-state index contributed by atoms with van der Waals surface area (Å²) in [7, 11) is 0. The van der Waals surface area contributed by atoms with Gasteiger partial charge >= 0.3 is 0 Å². The van der Waals surface area contributed by atoms with Gasteiger partial charge in [0.25, 0.3) is 11.5 Å². The van der Waals surface area contributed by atoms with Gasteiger partial charge < -0.3 is 15.0 Å². The monoisotopic (exact) mass is 486 g/mol. The average Bonchev–Trinajstić information content (AvgIpc) is 2.88. The van der Waals surface area contributed by atoms with Crippen LogP contribution in [0.5, 0.6) is 0 Å². The van der Waals surface area contributed by atoms with E-state index in [1.807, 2.05) is 19.1 Å². The number of aryl methyl sites for hydroxylation is 1. The highest BCUT2D eigenvalue weighted by molar-refractivity contribution is 6.05. The molecule has 1 saturated carbocycles. The molecule has 1 amide bonds. The predicted molar refractivity (Wildman–Crippen MR) is 135 cm³/mol. The van der Waals surface area contributed by atoms with Gasteiger partial charge in [0.1, 0.15) is 5.82 Å². The van der Waals surface area contributed by atoms with Crippen LogP contribution in [0, 0.1) is 12.7 Å². The first-order valence-corrected chi connectivity index (χ1v) is 12.1. The van der Waals surface area contributed by atoms with Gasteiger partial charge in [-0.05, 0) is 61.2 Å². The number of fused-ring (bicyclic) bond motifs is 1. The summed E-state index contributed by atoms with van der Waals surface area (Å²) in [6.45, 7) is 1.83. The SMILES string of the molecule is Cc1cc(-c2ccc(Cn3cc(C(=O)N[C@H]4CCCC[C@@H]4O)c4ncccc4c3=O)c(F)c2)ccn1. The van der Waals surface area contributed by atoms with Crippen molar-refractivity contribution < 1.29 is 14.3 Å². The molecule has 1 aliphatic carbocycles. The minimum Gasteiger partial charge on any atom is -0.391 e. The molecule has 1 fully saturated rings. The topological polar surface area (TPSA) is 97.1 Å². The van der Waals surface area contributed by atoms with Gasteiger partial charge in [0.15, 0.2) is 0 Å². The lowest BCUT2D eigenvalue weighted by Crippen LogP contribution is -2.45. The van der Waals surface area contributed by atoms with Crippen molar-refractivity contribution in [3.05, 3.63) is 94.0 Å². The van der Waals surface area contributed by atoms with Gasteiger partial charge in [0.05, 0.1) is 35.2 Å². The third kappa shape index (κ3) is 4.77. The van der Waals surface area contributed by atoms with Crippen LogP contribution in [0.3, 0.4) is 0 Å². The molecule has 1 aliphatic rings. The molecule has 4 aromatic rings. The second kappa shape index (κ2) is 9.99. The normalized spacial score (nSPS) is 17.8. The number of halogens is 1. The number of rotatable bonds is 5. The predicted octanol–water partition coefficient (Wildman–Crippen LogP) is 3.99. The van der Waals surface area contributed by atoms with E-state index in [1.165, 1.54) is 23.0 Å². The Morgan fingerprint density at radius 1 is 1.11 bits per heavy atom. The Labute approximate surface area is 207 Å². The Kier molecular flexibility index (Phi) is 6.61. The highest BCUT2D eigenvalue weighted by Gasteiger charge is 2.26. The highest BCUT2D eigenvalue weighted by Crippen LogP contribution is 2.24. The summed E-state index contributed by atoms with van der Waals surface area (Å²) in [4.78, 5) is 34.9. The first-order chi connectivity index (χ1) is 17.4. The molecule has 0 unspecified atom stereocenters. The molecule has 0 spiro atoms. The summed E-state index contributed by atoms with van der Waals surface area (Å²) >= 11 is 0. The van der Waals surface area contributed by atoms with Crippen molar-refractivity contribution in [2.24, 2.45) is 0 Å². The first kappa shape index (κ1) is 23.8. The van der Waals surface area contributed by atoms with E-state index in [9.17, 15) is 14.7 Å². The number of aliphatic hydroxyl groups is 1. The molecule has 0 radical (unpaired) electrons. The van der Waals surface area contributed by atoms with Crippen LogP contribution in [0.4, 0.5) is 4.39 Å². The van der Waals surface area contributed by atoms with Crippen molar-refractivity contribution in [1.82, 2.24) is 19.9 Å². The minimum absolute atomic E-state index is 0.0442. The Morgan fingerprint density at radius 3 is 2.69 bits per heavy atom. The summed E-state index contributed by atoms with van der Waals surface area (Å²) in [5, 5.41) is 13.5. The molecule has 36 heavy (non-hydrogen) atoms. The van der Waals surface area contributed by atoms with Crippen molar-refractivity contribution in [3.8, 4) is 11.1 Å². The summed E-state index contributed by atoms with van der Waals surface area (Å²) < 4.78 is 16.5. The largest absolute Gasteiger partial charge is 0.391 e. The summed E-state index contributed by atoms with van der Waals surface area (Å²) in [5.74, 6) is -0.862. The number of aliphatic hydroxyl groups excluding tert-OH is 1. The van der Waals surface area contributed by atoms with E-state index in [0.29, 0.717) is 24.0 Å². The van der Waals surface area contributed by atoms with Crippen LogP contribution >= 0.6 is 0 Å². The van der Waals surface area contributed by atoms with Crippen molar-refractivity contribution in [2.75, 3.05) is 0 Å². The van der Waals surface area contributed by atoms with Crippen LogP contribution in [-0.4, -0.2) is 37.7 Å². The maximum Gasteiger partial charge on any atom is 0.260 e. The standard InChI is InChI=1S/C28H27FN4O3/c1-17-13-19(10-12-30-17)18-8-9-20(23(29)14-18)15-33-16-22(26-21(28(33)36)5-4-11-31-26)27(35)32-24-6-2-3-7-25(24)34/h4-5,8-14,16,24-25,34H,2-3,6-7,15H2,1H3,(H,32,35)/t24-,25-/m0/s1. The maximum atomic E-state index is 15.1. The van der Waals surface area contributed by atoms with Crippen LogP contribution in [0.15, 0.2) is 65.8 Å². The lowest BCUT2D eigenvalue weighted by Gasteiger charge is -2.28. The lowest BCUT2D eigenvalue weighted by molar-refractivity contribution is 0.0718. The minimum atomic E-state index is -0.607. The Morgan fingerprint density at radius 2 is 1.92 bits per heavy atom. The number of carbonyl (C=O) groups excluding carboxylic acids is 1. The molecule has 3 heterocycles. The number of pyridine rings is 3. The van der Waals surface area contributed by atoms with E-state index in [4.69, 9.17) is 0 Å². The van der Waals surface area contributed by atoms with E-state index in [-0.39, 0.29) is 34.6 Å². The maximum absolute atomic E-state index is 15.1. The first-order valence-electron chi connectivity index (χ1n) is 12.1. The third-order valence-corrected chi connectivity index (χ3v) is 6.75. The lowest BCUT2D eigenvalue weighted by atomic mass is 9.92. The van der Waals surface area contributed by atoms with Crippen LogP contribution < -0.4 is 10.9 Å². The highest BCUT2D eigenvalue weighted by atomic mass is 19.1. The van der Waals surface area contributed by atoms with Crippen LogP contribution in [0.25, 0.3) is 22.0 Å². The molecule has 5 rings (SSSR count). The van der Waals surface area contributed by atoms with Crippen LogP contribution in [-0.2, 0) is 6.54 Å². The number of nitrogens with zero attached hydrogens (tertiary/aromatic N) is 3. The number of amides is 1. The molecular weight excluding hydrogens is 459 g/mol. The molecular formula is C28H27FN4O3. The molecule has 2 atom stereocenters. The molecule has 0 saturated heterocycles. The Hall–Kier alpha value is -3.91. The van der Waals surface area contributed by atoms with Gasteiger partial charge in [0.2, 0.25) is 0 Å². The van der Waals surface area contributed by atoms with Crippen molar-refractivity contribution >= 4 is 16.8 Å². The van der Waals surface area contributed by atoms with Gasteiger partial charge in [0, 0.05) is 29.8 Å². The Balaban J connectivity index is 1.49. The van der Waals surface area contributed by atoms with E-state index >= 15 is 4.39 Å². The molecule has 3 aromatic heterocycles. The van der Waals surface area contributed by atoms with E-state index < -0.39 is 17.8 Å². The molecule has 2 N–H and O–H groups in total. The van der Waals surface area contributed by atoms with Gasteiger partial charge in [-0.1, -0.05) is 25.0 Å². The molecule has 184 valence electrons. The summed E-state index contributed by atoms with van der Waals surface area (Å²) in [6.07, 6.45) is 7.20. The number of benzene rings is 1. The second-order valence-corrected chi connectivity index (χ2v) is 9.30. The fourth-order valence-electron chi connectivity index (χ4n) is 4.80. The third-order valence-electron chi connectivity index (χ3n) is 6.75. The second-order valence-electron chi connectivity index (χ2n) is 9.30. The zero-order chi connectivity index (χ0) is 25.2. The molecule has 1 aromatic carbocycles. The van der Waals surface area contributed by atoms with E-state index in [1.54, 1.807) is 30.5 Å². The zero-order valence-corrected chi connectivity index (χ0v) is 19.9. The molecule has 8 heteroatoms. The number of carbonyl (C=O) groups is 1. The molecule has 7 nitrogen and oxygen atoms in total. The van der Waals surface area contributed by atoms with Gasteiger partial charge in [-0.25, -0.2) is 4.39 Å². The van der Waals surface area contributed by atoms with E-state index in [0.717, 1.165) is 24.1 Å².